The van der Waals surface area contributed by atoms with Crippen molar-refractivity contribution < 1.29 is 22.3 Å². The van der Waals surface area contributed by atoms with Crippen LogP contribution in [0.4, 0.5) is 9.18 Å². The first-order chi connectivity index (χ1) is 8.36. The second kappa shape index (κ2) is 5.98. The van der Waals surface area contributed by atoms with E-state index >= 15 is 0 Å². The average Bonchev–Trinajstić information content (AvgIpc) is 2.30. The van der Waals surface area contributed by atoms with Gasteiger partial charge in [0.1, 0.15) is 10.7 Å². The molecule has 0 aliphatic carbocycles. The number of carbonyl (C=O) groups is 1. The maximum absolute atomic E-state index is 12.9. The van der Waals surface area contributed by atoms with Crippen LogP contribution < -0.4 is 10.3 Å². The summed E-state index contributed by atoms with van der Waals surface area (Å²) in [5.41, 5.74) is 1.79. The molecule has 0 bridgehead atoms. The van der Waals surface area contributed by atoms with Crippen molar-refractivity contribution in [2.24, 2.45) is 0 Å². The molecule has 0 spiro atoms. The first-order valence-corrected chi connectivity index (χ1v) is 6.62. The zero-order valence-corrected chi connectivity index (χ0v) is 10.8. The van der Waals surface area contributed by atoms with Crippen molar-refractivity contribution in [2.75, 3.05) is 6.61 Å². The molecule has 1 aromatic rings. The van der Waals surface area contributed by atoms with Gasteiger partial charge in [-0.05, 0) is 25.1 Å². The van der Waals surface area contributed by atoms with Crippen molar-refractivity contribution in [1.82, 2.24) is 10.3 Å². The van der Waals surface area contributed by atoms with Crippen molar-refractivity contribution in [1.29, 1.82) is 0 Å². The van der Waals surface area contributed by atoms with E-state index < -0.39 is 26.8 Å². The lowest BCUT2D eigenvalue weighted by Gasteiger charge is -2.09. The molecule has 0 fully saturated rings. The molecule has 0 saturated heterocycles. The predicted octanol–water partition coefficient (Wildman–Crippen LogP) is 1.42. The van der Waals surface area contributed by atoms with Crippen LogP contribution in [0.3, 0.4) is 0 Å². The molecule has 0 aromatic heterocycles. The molecule has 0 saturated carbocycles. The van der Waals surface area contributed by atoms with Gasteiger partial charge in [-0.15, -0.1) is 4.83 Å². The number of rotatable bonds is 4. The zero-order valence-electron chi connectivity index (χ0n) is 9.24. The molecule has 1 amide bonds. The third-order valence-corrected chi connectivity index (χ3v) is 3.47. The number of ether oxygens (including phenoxy) is 1. The van der Waals surface area contributed by atoms with Crippen LogP contribution in [-0.4, -0.2) is 21.1 Å². The van der Waals surface area contributed by atoms with E-state index in [2.05, 4.69) is 4.74 Å². The van der Waals surface area contributed by atoms with Gasteiger partial charge in [0.2, 0.25) is 0 Å². The Balaban J connectivity index is 2.87. The van der Waals surface area contributed by atoms with E-state index in [-0.39, 0.29) is 11.6 Å². The van der Waals surface area contributed by atoms with Crippen LogP contribution >= 0.6 is 11.6 Å². The Kier molecular flexibility index (Phi) is 4.88. The number of amides is 1. The minimum Gasteiger partial charge on any atom is -0.449 e. The highest BCUT2D eigenvalue weighted by Crippen LogP contribution is 2.21. The summed E-state index contributed by atoms with van der Waals surface area (Å²) in [6.07, 6.45) is -0.978. The lowest BCUT2D eigenvalue weighted by Crippen LogP contribution is -2.41. The first kappa shape index (κ1) is 14.7. The normalized spacial score (nSPS) is 11.1. The van der Waals surface area contributed by atoms with E-state index in [1.54, 1.807) is 17.2 Å². The largest absolute Gasteiger partial charge is 0.449 e. The molecule has 0 atom stereocenters. The minimum absolute atomic E-state index is 0.0777. The Morgan fingerprint density at radius 3 is 2.78 bits per heavy atom. The number of sulfonamides is 1. The molecule has 2 N–H and O–H groups in total. The molecule has 9 heteroatoms. The van der Waals surface area contributed by atoms with Crippen LogP contribution in [0.15, 0.2) is 23.1 Å². The molecule has 0 radical (unpaired) electrons. The quantitative estimate of drug-likeness (QED) is 0.823. The Morgan fingerprint density at radius 2 is 2.17 bits per heavy atom. The minimum atomic E-state index is -4.16. The van der Waals surface area contributed by atoms with E-state index in [0.29, 0.717) is 0 Å². The molecule has 100 valence electrons. The summed E-state index contributed by atoms with van der Waals surface area (Å²) >= 11 is 5.63. The van der Waals surface area contributed by atoms with Gasteiger partial charge in [-0.3, -0.25) is 0 Å². The number of hydrogen-bond acceptors (Lipinski definition) is 4. The summed E-state index contributed by atoms with van der Waals surface area (Å²) in [6.45, 7) is 1.63. The van der Waals surface area contributed by atoms with Gasteiger partial charge in [0, 0.05) is 0 Å². The second-order valence-corrected chi connectivity index (χ2v) is 5.08. The maximum Gasteiger partial charge on any atom is 0.422 e. The van der Waals surface area contributed by atoms with Crippen molar-refractivity contribution in [3.8, 4) is 0 Å². The van der Waals surface area contributed by atoms with E-state index in [9.17, 15) is 17.6 Å². The zero-order chi connectivity index (χ0) is 13.8. The number of benzene rings is 1. The summed E-state index contributed by atoms with van der Waals surface area (Å²) in [6, 6.07) is 2.84. The van der Waals surface area contributed by atoms with Crippen molar-refractivity contribution >= 4 is 27.7 Å². The maximum atomic E-state index is 12.9. The Labute approximate surface area is 108 Å². The van der Waals surface area contributed by atoms with E-state index in [0.717, 1.165) is 18.2 Å². The Bertz CT molecular complexity index is 549. The number of nitrogens with one attached hydrogen (secondary N) is 2. The fourth-order valence-electron chi connectivity index (χ4n) is 1.01. The first-order valence-electron chi connectivity index (χ1n) is 4.76. The highest BCUT2D eigenvalue weighted by Gasteiger charge is 2.19. The van der Waals surface area contributed by atoms with Crippen molar-refractivity contribution in [3.63, 3.8) is 0 Å². The van der Waals surface area contributed by atoms with E-state index in [1.807, 2.05) is 0 Å². The van der Waals surface area contributed by atoms with Crippen LogP contribution in [0.2, 0.25) is 5.02 Å². The SMILES string of the molecule is CCOC(=O)NNS(=O)(=O)c1cc(F)ccc1Cl. The molecule has 1 rings (SSSR count). The molecule has 0 unspecified atom stereocenters. The number of halogens is 2. The Morgan fingerprint density at radius 1 is 1.50 bits per heavy atom. The summed E-state index contributed by atoms with van der Waals surface area (Å²) in [5.74, 6) is -0.768. The van der Waals surface area contributed by atoms with Gasteiger partial charge in [0.25, 0.3) is 10.0 Å². The number of hydrogen-bond donors (Lipinski definition) is 2. The number of carbonyl (C=O) groups excluding carboxylic acids is 1. The van der Waals surface area contributed by atoms with Crippen LogP contribution in [0.5, 0.6) is 0 Å². The summed E-state index contributed by atoms with van der Waals surface area (Å²) in [5, 5.41) is -0.172. The third-order valence-electron chi connectivity index (χ3n) is 1.75. The monoisotopic (exact) mass is 296 g/mol. The summed E-state index contributed by atoms with van der Waals surface area (Å²) < 4.78 is 40.7. The molecule has 0 heterocycles. The molecule has 1 aromatic carbocycles. The molecule has 18 heavy (non-hydrogen) atoms. The topological polar surface area (TPSA) is 84.5 Å². The van der Waals surface area contributed by atoms with Crippen LogP contribution in [0, 0.1) is 5.82 Å². The predicted molar refractivity (Wildman–Crippen MR) is 61.9 cm³/mol. The molecular weight excluding hydrogens is 287 g/mol. The van der Waals surface area contributed by atoms with Crippen LogP contribution in [0.25, 0.3) is 0 Å². The lowest BCUT2D eigenvalue weighted by atomic mass is 10.3. The summed E-state index contributed by atoms with van der Waals surface area (Å²) in [7, 11) is -4.16. The highest BCUT2D eigenvalue weighted by molar-refractivity contribution is 7.89. The molecule has 0 aliphatic rings. The smallest absolute Gasteiger partial charge is 0.422 e. The third kappa shape index (κ3) is 3.83. The fourth-order valence-corrected chi connectivity index (χ4v) is 2.36. The van der Waals surface area contributed by atoms with Gasteiger partial charge < -0.3 is 4.74 Å². The molecule has 0 aliphatic heterocycles. The Hall–Kier alpha value is -1.38. The van der Waals surface area contributed by atoms with Gasteiger partial charge in [0.15, 0.2) is 0 Å². The molecular formula is C9H10ClFN2O4S. The van der Waals surface area contributed by atoms with Gasteiger partial charge in [-0.1, -0.05) is 11.6 Å². The number of hydrazine groups is 1. The van der Waals surface area contributed by atoms with Gasteiger partial charge in [-0.2, -0.15) is 0 Å². The van der Waals surface area contributed by atoms with Crippen LogP contribution in [0.1, 0.15) is 6.92 Å². The summed E-state index contributed by atoms with van der Waals surface area (Å²) in [4.78, 5) is 12.1. The van der Waals surface area contributed by atoms with Crippen molar-refractivity contribution in [2.45, 2.75) is 11.8 Å². The fraction of sp³-hybridized carbons (Fsp3) is 0.222. The van der Waals surface area contributed by atoms with E-state index in [4.69, 9.17) is 11.6 Å². The second-order valence-electron chi connectivity index (χ2n) is 3.03. The molecule has 6 nitrogen and oxygen atoms in total. The standard InChI is InChI=1S/C9H10ClFN2O4S/c1-2-17-9(14)12-13-18(15,16)8-5-6(11)3-4-7(8)10/h3-5,13H,2H2,1H3,(H,12,14). The van der Waals surface area contributed by atoms with Gasteiger partial charge >= 0.3 is 6.09 Å². The van der Waals surface area contributed by atoms with Crippen molar-refractivity contribution in [3.05, 3.63) is 29.0 Å². The van der Waals surface area contributed by atoms with E-state index in [1.165, 1.54) is 0 Å². The van der Waals surface area contributed by atoms with Gasteiger partial charge in [0.05, 0.1) is 11.6 Å². The average molecular weight is 297 g/mol. The lowest BCUT2D eigenvalue weighted by molar-refractivity contribution is 0.150. The van der Waals surface area contributed by atoms with Gasteiger partial charge in [-0.25, -0.2) is 23.0 Å². The highest BCUT2D eigenvalue weighted by atomic mass is 35.5. The van der Waals surface area contributed by atoms with Crippen LogP contribution in [-0.2, 0) is 14.8 Å².